The van der Waals surface area contributed by atoms with Crippen molar-refractivity contribution in [2.75, 3.05) is 7.11 Å². The van der Waals surface area contributed by atoms with Crippen LogP contribution in [-0.2, 0) is 6.42 Å². The molecule has 0 spiro atoms. The number of nitrogens with zero attached hydrogens (tertiary/aromatic N) is 2. The van der Waals surface area contributed by atoms with E-state index in [2.05, 4.69) is 4.98 Å². The Balaban J connectivity index is 3.32. The molecule has 0 atom stereocenters. The quantitative estimate of drug-likeness (QED) is 0.772. The van der Waals surface area contributed by atoms with Crippen molar-refractivity contribution in [1.29, 1.82) is 5.26 Å². The van der Waals surface area contributed by atoms with Crippen LogP contribution in [-0.4, -0.2) is 12.1 Å². The van der Waals surface area contributed by atoms with Gasteiger partial charge in [0.15, 0.2) is 0 Å². The zero-order valence-corrected chi connectivity index (χ0v) is 8.42. The van der Waals surface area contributed by atoms with E-state index in [4.69, 9.17) is 10.00 Å². The topological polar surface area (TPSA) is 45.9 Å². The van der Waals surface area contributed by atoms with Gasteiger partial charge in [0.1, 0.15) is 11.4 Å². The molecule has 1 heterocycles. The Morgan fingerprint density at radius 1 is 1.60 bits per heavy atom. The summed E-state index contributed by atoms with van der Waals surface area (Å²) in [4.78, 5) is 3.60. The lowest BCUT2D eigenvalue weighted by Crippen LogP contribution is -2.03. The fourth-order valence-electron chi connectivity index (χ4n) is 1.34. The third-order valence-corrected chi connectivity index (χ3v) is 2.13. The molecule has 5 heteroatoms. The van der Waals surface area contributed by atoms with Gasteiger partial charge in [-0.1, -0.05) is 0 Å². The fourth-order valence-corrected chi connectivity index (χ4v) is 1.34. The summed E-state index contributed by atoms with van der Waals surface area (Å²) in [5.74, 6) is 0.421. The first-order chi connectivity index (χ1) is 7.11. The maximum absolute atomic E-state index is 12.6. The highest BCUT2D eigenvalue weighted by Gasteiger charge is 2.18. The summed E-state index contributed by atoms with van der Waals surface area (Å²) in [5.41, 5.74) is 0.464. The number of nitriles is 1. The van der Waals surface area contributed by atoms with Gasteiger partial charge in [0, 0.05) is 5.56 Å². The van der Waals surface area contributed by atoms with Gasteiger partial charge in [-0.25, -0.2) is 8.78 Å². The second kappa shape index (κ2) is 4.69. The first-order valence-corrected chi connectivity index (χ1v) is 4.29. The van der Waals surface area contributed by atoms with Crippen molar-refractivity contribution in [3.05, 3.63) is 23.0 Å². The van der Waals surface area contributed by atoms with Crippen LogP contribution in [0.2, 0.25) is 0 Å². The molecular formula is C10H10F2N2O. The van der Waals surface area contributed by atoms with Gasteiger partial charge < -0.3 is 4.74 Å². The summed E-state index contributed by atoms with van der Waals surface area (Å²) in [6.45, 7) is 1.64. The molecule has 0 saturated heterocycles. The first kappa shape index (κ1) is 11.4. The van der Waals surface area contributed by atoms with E-state index in [-0.39, 0.29) is 17.7 Å². The minimum absolute atomic E-state index is 0.0876. The fraction of sp³-hybridized carbons (Fsp3) is 0.400. The van der Waals surface area contributed by atoms with E-state index in [0.717, 1.165) is 0 Å². The van der Waals surface area contributed by atoms with E-state index in [1.54, 1.807) is 6.92 Å². The Labute approximate surface area is 86.3 Å². The van der Waals surface area contributed by atoms with Gasteiger partial charge in [-0.15, -0.1) is 0 Å². The third kappa shape index (κ3) is 2.21. The number of pyridine rings is 1. The number of methoxy groups -OCH3 is 1. The summed E-state index contributed by atoms with van der Waals surface area (Å²) >= 11 is 0. The van der Waals surface area contributed by atoms with Crippen molar-refractivity contribution in [2.24, 2.45) is 0 Å². The monoisotopic (exact) mass is 212 g/mol. The van der Waals surface area contributed by atoms with E-state index in [1.165, 1.54) is 13.3 Å². The normalized spacial score (nSPS) is 10.1. The first-order valence-electron chi connectivity index (χ1n) is 4.29. The molecule has 0 aliphatic carbocycles. The van der Waals surface area contributed by atoms with Crippen LogP contribution in [0.3, 0.4) is 0 Å². The van der Waals surface area contributed by atoms with E-state index in [0.29, 0.717) is 11.3 Å². The van der Waals surface area contributed by atoms with Gasteiger partial charge in [0.05, 0.1) is 25.8 Å². The van der Waals surface area contributed by atoms with E-state index in [9.17, 15) is 8.78 Å². The lowest BCUT2D eigenvalue weighted by molar-refractivity contribution is 0.144. The summed E-state index contributed by atoms with van der Waals surface area (Å²) in [7, 11) is 1.43. The van der Waals surface area contributed by atoms with Crippen molar-refractivity contribution in [2.45, 2.75) is 19.8 Å². The molecule has 0 fully saturated rings. The van der Waals surface area contributed by atoms with Crippen LogP contribution < -0.4 is 4.74 Å². The minimum atomic E-state index is -2.67. The van der Waals surface area contributed by atoms with Crippen molar-refractivity contribution < 1.29 is 13.5 Å². The van der Waals surface area contributed by atoms with Gasteiger partial charge in [0.25, 0.3) is 6.43 Å². The van der Waals surface area contributed by atoms with Gasteiger partial charge >= 0.3 is 0 Å². The highest BCUT2D eigenvalue weighted by Crippen LogP contribution is 2.28. The molecule has 1 aromatic rings. The van der Waals surface area contributed by atoms with Crippen LogP contribution in [0, 0.1) is 18.3 Å². The molecule has 0 radical (unpaired) electrons. The Hall–Kier alpha value is -1.70. The number of hydrogen-bond acceptors (Lipinski definition) is 3. The zero-order chi connectivity index (χ0) is 11.4. The number of ether oxygens (including phenoxy) is 1. The number of hydrogen-bond donors (Lipinski definition) is 0. The Bertz CT molecular complexity index is 399. The highest BCUT2D eigenvalue weighted by molar-refractivity contribution is 5.41. The molecule has 0 N–H and O–H groups in total. The SMILES string of the molecule is COc1cnc(C(F)F)c(CC#N)c1C. The van der Waals surface area contributed by atoms with Gasteiger partial charge in [-0.3, -0.25) is 4.98 Å². The average molecular weight is 212 g/mol. The van der Waals surface area contributed by atoms with Gasteiger partial charge in [-0.05, 0) is 12.5 Å². The highest BCUT2D eigenvalue weighted by atomic mass is 19.3. The number of alkyl halides is 2. The Morgan fingerprint density at radius 3 is 2.73 bits per heavy atom. The molecule has 15 heavy (non-hydrogen) atoms. The smallest absolute Gasteiger partial charge is 0.280 e. The third-order valence-electron chi connectivity index (χ3n) is 2.13. The molecule has 0 aliphatic rings. The van der Waals surface area contributed by atoms with Gasteiger partial charge in [0.2, 0.25) is 0 Å². The van der Waals surface area contributed by atoms with Crippen LogP contribution in [0.1, 0.15) is 23.2 Å². The molecule has 0 aliphatic heterocycles. The summed E-state index contributed by atoms with van der Waals surface area (Å²) in [6.07, 6.45) is -1.51. The maximum atomic E-state index is 12.6. The van der Waals surface area contributed by atoms with E-state index in [1.807, 2.05) is 6.07 Å². The molecule has 1 rings (SSSR count). The molecule has 0 amide bonds. The molecule has 0 unspecified atom stereocenters. The molecule has 80 valence electrons. The predicted molar refractivity (Wildman–Crippen MR) is 49.8 cm³/mol. The number of rotatable bonds is 3. The number of halogens is 2. The van der Waals surface area contributed by atoms with Gasteiger partial charge in [-0.2, -0.15) is 5.26 Å². The van der Waals surface area contributed by atoms with E-state index >= 15 is 0 Å². The van der Waals surface area contributed by atoms with E-state index < -0.39 is 6.43 Å². The lowest BCUT2D eigenvalue weighted by atomic mass is 10.0. The molecule has 0 aromatic carbocycles. The second-order valence-electron chi connectivity index (χ2n) is 2.95. The molecular weight excluding hydrogens is 202 g/mol. The van der Waals surface area contributed by atoms with Crippen LogP contribution in [0.5, 0.6) is 5.75 Å². The predicted octanol–water partition coefficient (Wildman–Crippen LogP) is 2.40. The molecule has 1 aromatic heterocycles. The van der Waals surface area contributed by atoms with Crippen molar-refractivity contribution in [3.63, 3.8) is 0 Å². The number of aromatic nitrogens is 1. The van der Waals surface area contributed by atoms with Crippen molar-refractivity contribution in [3.8, 4) is 11.8 Å². The molecule has 3 nitrogen and oxygen atoms in total. The Morgan fingerprint density at radius 2 is 2.27 bits per heavy atom. The minimum Gasteiger partial charge on any atom is -0.495 e. The maximum Gasteiger partial charge on any atom is 0.280 e. The van der Waals surface area contributed by atoms with Crippen molar-refractivity contribution >= 4 is 0 Å². The molecule has 0 bridgehead atoms. The zero-order valence-electron chi connectivity index (χ0n) is 8.42. The Kier molecular flexibility index (Phi) is 3.56. The largest absolute Gasteiger partial charge is 0.495 e. The summed E-state index contributed by atoms with van der Waals surface area (Å²) in [5, 5.41) is 8.55. The van der Waals surface area contributed by atoms with Crippen LogP contribution in [0.25, 0.3) is 0 Å². The molecule has 0 saturated carbocycles. The summed E-state index contributed by atoms with van der Waals surface area (Å²) in [6, 6.07) is 1.84. The standard InChI is InChI=1S/C10H10F2N2O/c1-6-7(3-4-13)9(10(11)12)14-5-8(6)15-2/h5,10H,3H2,1-2H3. The van der Waals surface area contributed by atoms with Crippen LogP contribution in [0.15, 0.2) is 6.20 Å². The average Bonchev–Trinajstić information content (AvgIpc) is 2.20. The van der Waals surface area contributed by atoms with Crippen LogP contribution in [0.4, 0.5) is 8.78 Å². The lowest BCUT2D eigenvalue weighted by Gasteiger charge is -2.11. The van der Waals surface area contributed by atoms with Crippen molar-refractivity contribution in [1.82, 2.24) is 4.98 Å². The van der Waals surface area contributed by atoms with Crippen LogP contribution >= 0.6 is 0 Å². The second-order valence-corrected chi connectivity index (χ2v) is 2.95. The summed E-state index contributed by atoms with van der Waals surface area (Å²) < 4.78 is 30.1.